The number of nitrogens with two attached hydrogens (primary N) is 2. The largest absolute Gasteiger partial charge is 0.379 e. The summed E-state index contributed by atoms with van der Waals surface area (Å²) in [5.74, 6) is 0.777. The second-order valence-corrected chi connectivity index (χ2v) is 24.9. The maximum atomic E-state index is 12.0. The maximum Gasteiger partial charge on any atom is 0.222 e. The van der Waals surface area contributed by atoms with Crippen LogP contribution in [0.15, 0.2) is 6.20 Å². The standard InChI is InChI=1S/C69H135N7O30S2/c1-65-63-76(75-74-65)6-10-83-14-18-85-16-12-81-8-4-72-68(78)2-7-80-11-15-84-19-21-87-23-25-89-27-29-91-31-33-93-35-37-95-39-41-97-43-45-99-47-49-101-51-53-103-55-57-105-59-60-106-58-56-104-54-52-102-50-48-100-46-44-98-42-40-96-38-36-94-34-32-92-30-28-90-26-24-88-22-20-86-17-13-82-9-5-73-69(79)3-61-107-108-64-66(71)67(77)62-70/h63,66H,2-62,64,70-71H2,1H3,(H,72,78)(H,73,79)/t66-/m0/s1. The van der Waals surface area contributed by atoms with Crippen LogP contribution in [0.3, 0.4) is 0 Å². The lowest BCUT2D eigenvalue weighted by molar-refractivity contribution is -0.123. The number of nitrogens with zero attached hydrogens (tertiary/aromatic N) is 3. The Balaban J connectivity index is 1.60. The first-order valence-electron chi connectivity index (χ1n) is 37.6. The summed E-state index contributed by atoms with van der Waals surface area (Å²) in [7, 11) is 2.97. The van der Waals surface area contributed by atoms with E-state index in [1.165, 1.54) is 21.6 Å². The lowest BCUT2D eigenvalue weighted by Crippen LogP contribution is -2.37. The summed E-state index contributed by atoms with van der Waals surface area (Å²) in [6.07, 6.45) is 2.51. The van der Waals surface area contributed by atoms with E-state index in [1.807, 2.05) is 13.1 Å². The molecule has 1 heterocycles. The maximum absolute atomic E-state index is 12.0. The Bertz CT molecular complexity index is 1990. The average molecular weight is 1610 g/mol. The molecule has 0 saturated carbocycles. The first kappa shape index (κ1) is 103. The Hall–Kier alpha value is -2.71. The molecular formula is C69H135N7O30S2. The minimum atomic E-state index is -0.566. The van der Waals surface area contributed by atoms with Gasteiger partial charge in [0.15, 0.2) is 5.78 Å². The first-order valence-corrected chi connectivity index (χ1v) is 40.1. The third-order valence-electron chi connectivity index (χ3n) is 13.4. The van der Waals surface area contributed by atoms with Gasteiger partial charge in [0, 0.05) is 43.6 Å². The molecule has 0 aliphatic carbocycles. The highest BCUT2D eigenvalue weighted by Crippen LogP contribution is 2.22. The van der Waals surface area contributed by atoms with Gasteiger partial charge in [0.05, 0.1) is 382 Å². The van der Waals surface area contributed by atoms with Crippen LogP contribution in [0.2, 0.25) is 0 Å². The van der Waals surface area contributed by atoms with Gasteiger partial charge >= 0.3 is 0 Å². The van der Waals surface area contributed by atoms with E-state index < -0.39 is 6.04 Å². The zero-order valence-corrected chi connectivity index (χ0v) is 66.2. The van der Waals surface area contributed by atoms with Gasteiger partial charge < -0.3 is 150 Å². The van der Waals surface area contributed by atoms with Crippen LogP contribution in [0.4, 0.5) is 0 Å². The average Bonchev–Trinajstić information content (AvgIpc) is 1.82. The minimum Gasteiger partial charge on any atom is -0.379 e. The molecule has 108 heavy (non-hydrogen) atoms. The van der Waals surface area contributed by atoms with Crippen molar-refractivity contribution in [2.45, 2.75) is 32.4 Å². The highest BCUT2D eigenvalue weighted by Gasteiger charge is 2.12. The Morgan fingerprint density at radius 1 is 0.324 bits per heavy atom. The number of aryl methyl sites for hydroxylation is 1. The van der Waals surface area contributed by atoms with E-state index in [-0.39, 0.29) is 30.6 Å². The molecule has 1 atom stereocenters. The molecule has 2 amide bonds. The van der Waals surface area contributed by atoms with Crippen LogP contribution in [-0.2, 0) is 149 Å². The van der Waals surface area contributed by atoms with Crippen LogP contribution in [0.5, 0.6) is 0 Å². The molecule has 0 aliphatic rings. The third-order valence-corrected chi connectivity index (χ3v) is 15.8. The number of carbonyl (C=O) groups excluding carboxylic acids is 3. The Morgan fingerprint density at radius 3 is 0.759 bits per heavy atom. The molecule has 0 spiro atoms. The summed E-state index contributed by atoms with van der Waals surface area (Å²) in [5, 5.41) is 13.5. The molecule has 1 aromatic rings. The number of nitrogens with one attached hydrogen (secondary N) is 2. The molecule has 1 aromatic heterocycles. The topological polar surface area (TPSA) is 407 Å². The summed E-state index contributed by atoms with van der Waals surface area (Å²) < 4.78 is 151. The number of ketones is 1. The van der Waals surface area contributed by atoms with Gasteiger partial charge in [-0.25, -0.2) is 4.68 Å². The third kappa shape index (κ3) is 84.2. The molecule has 0 unspecified atom stereocenters. The van der Waals surface area contributed by atoms with Gasteiger partial charge in [0.1, 0.15) is 0 Å². The molecule has 37 nitrogen and oxygen atoms in total. The van der Waals surface area contributed by atoms with E-state index >= 15 is 0 Å². The quantitative estimate of drug-likeness (QED) is 0.0462. The molecule has 638 valence electrons. The summed E-state index contributed by atoms with van der Waals surface area (Å²) in [5.41, 5.74) is 11.9. The second kappa shape index (κ2) is 89.8. The molecule has 0 bridgehead atoms. The molecular weight excluding hydrogens is 1470 g/mol. The molecule has 39 heteroatoms. The van der Waals surface area contributed by atoms with Crippen molar-refractivity contribution in [1.29, 1.82) is 0 Å². The number of carbonyl (C=O) groups is 3. The molecule has 0 aromatic carbocycles. The summed E-state index contributed by atoms with van der Waals surface area (Å²) in [4.78, 5) is 35.2. The van der Waals surface area contributed by atoms with Crippen LogP contribution in [0.1, 0.15) is 18.5 Å². The monoisotopic (exact) mass is 1610 g/mol. The van der Waals surface area contributed by atoms with Crippen molar-refractivity contribution in [3.05, 3.63) is 11.9 Å². The number of rotatable bonds is 95. The SMILES string of the molecule is Cc1cn(CCOCCOCCOCCNC(=O)CCOCCOCCOCCOCCOCCOCCOCCOCCOCCOCCOCCOCCOCCOCCOCCOCCOCCOCCOCCOCCOCCOCCOCCOCCNC(=O)CCSSC[C@H](N)C(=O)CN)nn1. The molecule has 0 fully saturated rings. The fourth-order valence-corrected chi connectivity index (χ4v) is 9.94. The van der Waals surface area contributed by atoms with E-state index in [4.69, 9.17) is 139 Å². The van der Waals surface area contributed by atoms with Crippen LogP contribution in [0.25, 0.3) is 0 Å². The predicted octanol–water partition coefficient (Wildman–Crippen LogP) is -0.716. The fourth-order valence-electron chi connectivity index (χ4n) is 7.79. The Morgan fingerprint density at radius 2 is 0.537 bits per heavy atom. The van der Waals surface area contributed by atoms with Crippen LogP contribution >= 0.6 is 21.6 Å². The van der Waals surface area contributed by atoms with E-state index in [1.54, 1.807) is 4.68 Å². The predicted molar refractivity (Wildman–Crippen MR) is 399 cm³/mol. The number of amides is 2. The van der Waals surface area contributed by atoms with Gasteiger partial charge in [-0.15, -0.1) is 5.10 Å². The van der Waals surface area contributed by atoms with E-state index in [0.29, 0.717) is 394 Å². The number of hydrogen-bond acceptors (Lipinski definition) is 36. The number of aromatic nitrogens is 3. The van der Waals surface area contributed by atoms with Gasteiger partial charge in [-0.05, 0) is 6.92 Å². The molecule has 1 rings (SSSR count). The van der Waals surface area contributed by atoms with E-state index in [9.17, 15) is 14.4 Å². The lowest BCUT2D eigenvalue weighted by Gasteiger charge is -2.09. The highest BCUT2D eigenvalue weighted by molar-refractivity contribution is 8.76. The number of ether oxygens (including phenoxy) is 27. The highest BCUT2D eigenvalue weighted by atomic mass is 33.1. The van der Waals surface area contributed by atoms with Gasteiger partial charge in [0.2, 0.25) is 11.8 Å². The minimum absolute atomic E-state index is 0.0545. The lowest BCUT2D eigenvalue weighted by atomic mass is 10.2. The zero-order valence-electron chi connectivity index (χ0n) is 64.6. The summed E-state index contributed by atoms with van der Waals surface area (Å²) >= 11 is 0. The van der Waals surface area contributed by atoms with Crippen molar-refractivity contribution in [2.75, 3.05) is 388 Å². The first-order chi connectivity index (χ1) is 53.4. The smallest absolute Gasteiger partial charge is 0.222 e. The van der Waals surface area contributed by atoms with Crippen LogP contribution in [0, 0.1) is 6.92 Å². The number of Topliss-reactive ketones (excluding diaryl/α,β-unsaturated/α-hetero) is 1. The molecule has 0 saturated heterocycles. The molecule has 6 N–H and O–H groups in total. The van der Waals surface area contributed by atoms with Crippen molar-refractivity contribution >= 4 is 39.2 Å². The second-order valence-electron chi connectivity index (χ2n) is 22.2. The Kier molecular flexibility index (Phi) is 85.9. The molecule has 0 radical (unpaired) electrons. The summed E-state index contributed by atoms with van der Waals surface area (Å²) in [6, 6.07) is -0.566. The number of hydrogen-bond donors (Lipinski definition) is 4. The van der Waals surface area contributed by atoms with Crippen LogP contribution < -0.4 is 22.1 Å². The van der Waals surface area contributed by atoms with E-state index in [0.717, 1.165) is 5.69 Å². The van der Waals surface area contributed by atoms with E-state index in [2.05, 4.69) is 20.9 Å². The van der Waals surface area contributed by atoms with Crippen molar-refractivity contribution < 1.29 is 142 Å². The zero-order chi connectivity index (χ0) is 77.3. The van der Waals surface area contributed by atoms with Crippen molar-refractivity contribution in [3.63, 3.8) is 0 Å². The van der Waals surface area contributed by atoms with Gasteiger partial charge in [-0.3, -0.25) is 14.4 Å². The summed E-state index contributed by atoms with van der Waals surface area (Å²) in [6.45, 7) is 28.1. The van der Waals surface area contributed by atoms with Gasteiger partial charge in [0.25, 0.3) is 0 Å². The van der Waals surface area contributed by atoms with Crippen molar-refractivity contribution in [1.82, 2.24) is 25.6 Å². The fraction of sp³-hybridized carbons (Fsp3) is 0.928. The van der Waals surface area contributed by atoms with Gasteiger partial charge in [-0.2, -0.15) is 0 Å². The molecule has 0 aliphatic heterocycles. The van der Waals surface area contributed by atoms with Gasteiger partial charge in [-0.1, -0.05) is 26.8 Å². The van der Waals surface area contributed by atoms with Crippen molar-refractivity contribution in [3.8, 4) is 0 Å². The van der Waals surface area contributed by atoms with Crippen molar-refractivity contribution in [2.24, 2.45) is 11.5 Å². The Labute approximate surface area is 648 Å². The van der Waals surface area contributed by atoms with Crippen LogP contribution in [-0.4, -0.2) is 427 Å². The normalized spacial score (nSPS) is 12.0.